The number of thiocarbonyl (C=S) groups is 1. The molecular weight excluding hydrogens is 419 g/mol. The van der Waals surface area contributed by atoms with Gasteiger partial charge in [0.25, 0.3) is 0 Å². The van der Waals surface area contributed by atoms with Gasteiger partial charge >= 0.3 is 33.3 Å². The molecule has 0 aliphatic heterocycles. The van der Waals surface area contributed by atoms with Crippen LogP contribution in [0.25, 0.3) is 0 Å². The van der Waals surface area contributed by atoms with E-state index in [1.54, 1.807) is 13.3 Å². The van der Waals surface area contributed by atoms with Gasteiger partial charge in [-0.15, -0.1) is 0 Å². The van der Waals surface area contributed by atoms with Crippen LogP contribution in [0, 0.1) is 0 Å². The normalized spacial score (nSPS) is 10.4. The summed E-state index contributed by atoms with van der Waals surface area (Å²) in [5.41, 5.74) is 5.12. The Hall–Kier alpha value is -1.37. The molecule has 24 heavy (non-hydrogen) atoms. The molecule has 0 bridgehead atoms. The molecule has 0 amide bonds. The van der Waals surface area contributed by atoms with Gasteiger partial charge in [0, 0.05) is 6.20 Å². The van der Waals surface area contributed by atoms with Gasteiger partial charge in [0.15, 0.2) is 5.11 Å². The Bertz CT molecular complexity index is 674. The van der Waals surface area contributed by atoms with Gasteiger partial charge in [0.2, 0.25) is 0 Å². The number of methoxy groups -OCH3 is 1. The second kappa shape index (κ2) is 12.1. The number of halogens is 2. The molecule has 0 aliphatic rings. The zero-order valence-electron chi connectivity index (χ0n) is 12.9. The number of pyridine rings is 1. The molecule has 0 saturated heterocycles. The maximum atomic E-state index is 5.25. The number of para-hydroxylation sites is 2. The predicted molar refractivity (Wildman–Crippen MR) is 101 cm³/mol. The first-order valence-electron chi connectivity index (χ1n) is 6.59. The average molecular weight is 435 g/mol. The van der Waals surface area contributed by atoms with E-state index < -0.39 is 0 Å². The second-order valence-corrected chi connectivity index (χ2v) is 6.19. The fraction of sp³-hybridized carbons (Fsp3) is 0.133. The van der Waals surface area contributed by atoms with Crippen molar-refractivity contribution < 1.29 is 17.9 Å². The summed E-state index contributed by atoms with van der Waals surface area (Å²) < 4.78 is 5.25. The van der Waals surface area contributed by atoms with Crippen molar-refractivity contribution in [3.63, 3.8) is 0 Å². The zero-order valence-corrected chi connectivity index (χ0v) is 16.2. The number of benzene rings is 1. The Morgan fingerprint density at radius 1 is 1.21 bits per heavy atom. The second-order valence-electron chi connectivity index (χ2n) is 4.22. The van der Waals surface area contributed by atoms with E-state index in [2.05, 4.69) is 41.0 Å². The fourth-order valence-corrected chi connectivity index (χ4v) is 1.82. The number of nitrogens with zero attached hydrogens (tertiary/aromatic N) is 2. The van der Waals surface area contributed by atoms with Crippen LogP contribution >= 0.6 is 32.4 Å². The summed E-state index contributed by atoms with van der Waals surface area (Å²) in [4.78, 5) is 4.21. The number of ether oxygens (including phenoxy) is 1. The van der Waals surface area contributed by atoms with Crippen LogP contribution in [0.15, 0.2) is 53.8 Å². The molecule has 0 aliphatic carbocycles. The minimum absolute atomic E-state index is 0.384. The van der Waals surface area contributed by atoms with Crippen LogP contribution in [-0.2, 0) is 13.1 Å². The minimum atomic E-state index is 0.384. The van der Waals surface area contributed by atoms with Crippen LogP contribution in [0.2, 0.25) is 0 Å². The third kappa shape index (κ3) is 7.47. The van der Waals surface area contributed by atoms with Gasteiger partial charge in [-0.05, 0) is 43.4 Å². The number of hydrazone groups is 1. The van der Waals surface area contributed by atoms with E-state index >= 15 is 0 Å². The first-order chi connectivity index (χ1) is 11.6. The summed E-state index contributed by atoms with van der Waals surface area (Å²) in [6, 6.07) is 13.2. The van der Waals surface area contributed by atoms with Gasteiger partial charge in [0.1, 0.15) is 5.75 Å². The molecule has 1 aromatic carbocycles. The average Bonchev–Trinajstić information content (AvgIpc) is 2.61. The van der Waals surface area contributed by atoms with Crippen LogP contribution in [-0.4, -0.2) is 22.9 Å². The number of rotatable bonds is 4. The van der Waals surface area contributed by atoms with Gasteiger partial charge in [0.05, 0.1) is 24.2 Å². The molecule has 2 rings (SSSR count). The molecule has 0 saturated carbocycles. The predicted octanol–water partition coefficient (Wildman–Crippen LogP) is 4.18. The number of hydrogen-bond acceptors (Lipinski definition) is 4. The van der Waals surface area contributed by atoms with E-state index in [0.29, 0.717) is 10.9 Å². The molecule has 2 N–H and O–H groups in total. The van der Waals surface area contributed by atoms with Crippen molar-refractivity contribution in [3.05, 3.63) is 54.4 Å². The Balaban J connectivity index is 0.000000891. The van der Waals surface area contributed by atoms with Crippen molar-refractivity contribution in [2.24, 2.45) is 5.10 Å². The van der Waals surface area contributed by atoms with E-state index in [4.69, 9.17) is 17.0 Å². The van der Waals surface area contributed by atoms with Crippen molar-refractivity contribution >= 4 is 48.9 Å². The Morgan fingerprint density at radius 2 is 1.88 bits per heavy atom. The number of nitrogens with one attached hydrogen (secondary N) is 2. The summed E-state index contributed by atoms with van der Waals surface area (Å²) in [5.74, 6) is 0.715. The van der Waals surface area contributed by atoms with Gasteiger partial charge in [-0.3, -0.25) is 10.4 Å². The molecule has 0 spiro atoms. The van der Waals surface area contributed by atoms with E-state index in [0.717, 1.165) is 30.2 Å². The van der Waals surface area contributed by atoms with Crippen LogP contribution in [0.1, 0.15) is 12.6 Å². The third-order valence-corrected chi connectivity index (χ3v) is 2.91. The van der Waals surface area contributed by atoms with Crippen molar-refractivity contribution in [2.45, 2.75) is 6.92 Å². The van der Waals surface area contributed by atoms with Gasteiger partial charge in [-0.1, -0.05) is 18.2 Å². The Morgan fingerprint density at radius 3 is 2.50 bits per heavy atom. The fourth-order valence-electron chi connectivity index (χ4n) is 1.67. The first-order valence-corrected chi connectivity index (χ1v) is 9.59. The molecule has 0 fully saturated rings. The number of hydrogen-bond donors (Lipinski definition) is 2. The molecule has 133 valence electrons. The Labute approximate surface area is 161 Å². The molecular formula is C15H16Cl2CuN4OS. The zero-order chi connectivity index (χ0) is 17.8. The summed E-state index contributed by atoms with van der Waals surface area (Å²) in [5, 5.41) is 7.63. The molecule has 0 atom stereocenters. The SMILES string of the molecule is COc1ccccc1NC(=S)N/N=C(\C)c1ccccn1.[Cl][Cu][Cl]. The molecule has 1 heterocycles. The van der Waals surface area contributed by atoms with Crippen LogP contribution in [0.4, 0.5) is 5.69 Å². The molecule has 0 radical (unpaired) electrons. The van der Waals surface area contributed by atoms with E-state index in [1.807, 2.05) is 49.4 Å². The maximum absolute atomic E-state index is 5.25. The van der Waals surface area contributed by atoms with Gasteiger partial charge in [-0.25, -0.2) is 0 Å². The van der Waals surface area contributed by atoms with Crippen LogP contribution in [0.5, 0.6) is 5.75 Å². The monoisotopic (exact) mass is 433 g/mol. The first kappa shape index (κ1) is 20.7. The molecule has 2 aromatic rings. The third-order valence-electron chi connectivity index (χ3n) is 2.72. The van der Waals surface area contributed by atoms with Crippen LogP contribution in [0.3, 0.4) is 0 Å². The van der Waals surface area contributed by atoms with Crippen molar-refractivity contribution in [1.29, 1.82) is 0 Å². The van der Waals surface area contributed by atoms with E-state index in [1.165, 1.54) is 0 Å². The summed E-state index contributed by atoms with van der Waals surface area (Å²) >= 11 is 5.96. The van der Waals surface area contributed by atoms with E-state index in [9.17, 15) is 0 Å². The summed E-state index contributed by atoms with van der Waals surface area (Å²) in [6.45, 7) is 1.86. The molecule has 9 heteroatoms. The quantitative estimate of drug-likeness (QED) is 0.327. The number of aromatic nitrogens is 1. The topological polar surface area (TPSA) is 58.5 Å². The van der Waals surface area contributed by atoms with Crippen molar-refractivity contribution in [1.82, 2.24) is 10.4 Å². The van der Waals surface area contributed by atoms with Crippen molar-refractivity contribution in [2.75, 3.05) is 12.4 Å². The standard InChI is InChI=1S/C15H16N4OS.2ClH.Cu/c1-11(12-7-5-6-10-16-12)18-19-15(21)17-13-8-3-4-9-14(13)20-2;;;/h3-10H,1-2H3,(H2,17,19,21);2*1H;/q;;;+2/p-2/b18-11+;;;. The summed E-state index contributed by atoms with van der Waals surface area (Å²) in [7, 11) is 11.0. The van der Waals surface area contributed by atoms with Gasteiger partial charge < -0.3 is 10.1 Å². The molecule has 5 nitrogen and oxygen atoms in total. The van der Waals surface area contributed by atoms with E-state index in [-0.39, 0.29) is 0 Å². The summed E-state index contributed by atoms with van der Waals surface area (Å²) in [6.07, 6.45) is 1.72. The van der Waals surface area contributed by atoms with Crippen LogP contribution < -0.4 is 15.5 Å². The van der Waals surface area contributed by atoms with Gasteiger partial charge in [-0.2, -0.15) is 5.10 Å². The van der Waals surface area contributed by atoms with Crippen molar-refractivity contribution in [3.8, 4) is 5.75 Å². The molecule has 0 unspecified atom stereocenters. The number of anilines is 1. The molecule has 1 aromatic heterocycles. The Kier molecular flexibility index (Phi) is 10.4.